The molecule has 1 aliphatic heterocycles. The van der Waals surface area contributed by atoms with Crippen LogP contribution < -0.4 is 5.73 Å². The molecule has 102 valence electrons. The molecule has 1 rings (SSSR count). The Labute approximate surface area is 109 Å². The number of hydrogen-bond donors (Lipinski definition) is 1. The van der Waals surface area contributed by atoms with Crippen molar-refractivity contribution in [2.45, 2.75) is 24.9 Å². The molecule has 0 bridgehead atoms. The van der Waals surface area contributed by atoms with Crippen molar-refractivity contribution in [3.63, 3.8) is 0 Å². The van der Waals surface area contributed by atoms with Crippen molar-refractivity contribution in [1.29, 1.82) is 0 Å². The molecular weight excluding hydrogens is 236 g/mol. The van der Waals surface area contributed by atoms with E-state index in [9.17, 15) is 0 Å². The second kappa shape index (κ2) is 7.59. The third-order valence-electron chi connectivity index (χ3n) is 3.55. The Morgan fingerprint density at radius 2 is 2.18 bits per heavy atom. The largest absolute Gasteiger partial charge is 0.383 e. The van der Waals surface area contributed by atoms with Gasteiger partial charge in [0, 0.05) is 44.6 Å². The number of thioether (sulfide) groups is 1. The van der Waals surface area contributed by atoms with Gasteiger partial charge < -0.3 is 15.2 Å². The number of nitrogens with zero attached hydrogens (tertiary/aromatic N) is 1. The van der Waals surface area contributed by atoms with E-state index in [4.69, 9.17) is 15.2 Å². The van der Waals surface area contributed by atoms with Crippen LogP contribution in [-0.4, -0.2) is 68.5 Å². The lowest BCUT2D eigenvalue weighted by Gasteiger charge is -2.43. The molecule has 1 saturated heterocycles. The van der Waals surface area contributed by atoms with E-state index in [0.717, 1.165) is 32.1 Å². The first-order valence-corrected chi connectivity index (χ1v) is 7.38. The Bertz CT molecular complexity index is 211. The topological polar surface area (TPSA) is 47.7 Å². The van der Waals surface area contributed by atoms with Crippen LogP contribution in [0.15, 0.2) is 0 Å². The van der Waals surface area contributed by atoms with Gasteiger partial charge in [-0.1, -0.05) is 0 Å². The van der Waals surface area contributed by atoms with Crippen LogP contribution in [0.3, 0.4) is 0 Å². The molecule has 17 heavy (non-hydrogen) atoms. The molecule has 0 radical (unpaired) electrons. The predicted molar refractivity (Wildman–Crippen MR) is 73.6 cm³/mol. The predicted octanol–water partition coefficient (Wildman–Crippen LogP) is 0.804. The lowest BCUT2D eigenvalue weighted by atomic mass is 9.94. The molecule has 2 N–H and O–H groups in total. The summed E-state index contributed by atoms with van der Waals surface area (Å²) in [6.07, 6.45) is 1.17. The van der Waals surface area contributed by atoms with Gasteiger partial charge in [0.25, 0.3) is 0 Å². The van der Waals surface area contributed by atoms with Gasteiger partial charge in [-0.3, -0.25) is 4.90 Å². The highest BCUT2D eigenvalue weighted by molar-refractivity contribution is 7.99. The molecule has 0 amide bonds. The van der Waals surface area contributed by atoms with Crippen molar-refractivity contribution in [2.75, 3.05) is 52.0 Å². The van der Waals surface area contributed by atoms with E-state index < -0.39 is 0 Å². The molecule has 5 heteroatoms. The minimum Gasteiger partial charge on any atom is -0.383 e. The van der Waals surface area contributed by atoms with Crippen LogP contribution in [0.5, 0.6) is 0 Å². The van der Waals surface area contributed by atoms with Gasteiger partial charge in [0.05, 0.1) is 13.2 Å². The standard InChI is InChI=1S/C12H26N2O2S/c1-11(8-16-3)14(5-6-15-2)12(9-13)4-7-17-10-12/h11H,4-10,13H2,1-3H3. The van der Waals surface area contributed by atoms with Crippen LogP contribution in [0.4, 0.5) is 0 Å². The monoisotopic (exact) mass is 262 g/mol. The molecule has 1 fully saturated rings. The summed E-state index contributed by atoms with van der Waals surface area (Å²) in [4.78, 5) is 2.49. The summed E-state index contributed by atoms with van der Waals surface area (Å²) in [5, 5.41) is 0. The number of nitrogens with two attached hydrogens (primary N) is 1. The highest BCUT2D eigenvalue weighted by Crippen LogP contribution is 2.33. The Morgan fingerprint density at radius 3 is 2.65 bits per heavy atom. The Balaban J connectivity index is 2.71. The maximum atomic E-state index is 6.04. The van der Waals surface area contributed by atoms with Gasteiger partial charge in [-0.2, -0.15) is 11.8 Å². The summed E-state index contributed by atoms with van der Waals surface area (Å²) in [6.45, 7) is 5.35. The highest BCUT2D eigenvalue weighted by atomic mass is 32.2. The first-order valence-electron chi connectivity index (χ1n) is 6.22. The van der Waals surface area contributed by atoms with Crippen LogP contribution in [0.2, 0.25) is 0 Å². The van der Waals surface area contributed by atoms with Crippen molar-refractivity contribution >= 4 is 11.8 Å². The average Bonchev–Trinajstić information content (AvgIpc) is 2.80. The van der Waals surface area contributed by atoms with Gasteiger partial charge in [-0.25, -0.2) is 0 Å². The third kappa shape index (κ3) is 3.83. The molecule has 2 unspecified atom stereocenters. The summed E-state index contributed by atoms with van der Waals surface area (Å²) >= 11 is 2.00. The number of ether oxygens (including phenoxy) is 2. The first kappa shape index (κ1) is 15.2. The zero-order chi connectivity index (χ0) is 12.7. The fourth-order valence-electron chi connectivity index (χ4n) is 2.55. The van der Waals surface area contributed by atoms with Gasteiger partial charge in [-0.05, 0) is 19.1 Å². The molecule has 1 heterocycles. The SMILES string of the molecule is COCCN(C(C)COC)C1(CN)CCSC1. The van der Waals surface area contributed by atoms with Gasteiger partial charge in [0.1, 0.15) is 0 Å². The number of methoxy groups -OCH3 is 2. The number of hydrogen-bond acceptors (Lipinski definition) is 5. The zero-order valence-corrected chi connectivity index (χ0v) is 12.1. The van der Waals surface area contributed by atoms with Crippen molar-refractivity contribution < 1.29 is 9.47 Å². The molecule has 0 saturated carbocycles. The molecule has 0 aromatic rings. The van der Waals surface area contributed by atoms with Crippen molar-refractivity contribution in [2.24, 2.45) is 5.73 Å². The van der Waals surface area contributed by atoms with E-state index in [2.05, 4.69) is 11.8 Å². The zero-order valence-electron chi connectivity index (χ0n) is 11.3. The molecule has 0 aromatic heterocycles. The van der Waals surface area contributed by atoms with Crippen molar-refractivity contribution in [3.05, 3.63) is 0 Å². The highest BCUT2D eigenvalue weighted by Gasteiger charge is 2.40. The van der Waals surface area contributed by atoms with Crippen molar-refractivity contribution in [1.82, 2.24) is 4.90 Å². The average molecular weight is 262 g/mol. The molecular formula is C12H26N2O2S. The molecule has 0 spiro atoms. The van der Waals surface area contributed by atoms with Gasteiger partial charge in [0.15, 0.2) is 0 Å². The Kier molecular flexibility index (Phi) is 6.80. The smallest absolute Gasteiger partial charge is 0.0615 e. The quantitative estimate of drug-likeness (QED) is 0.701. The summed E-state index contributed by atoms with van der Waals surface area (Å²) in [5.41, 5.74) is 6.18. The summed E-state index contributed by atoms with van der Waals surface area (Å²) < 4.78 is 10.5. The lowest BCUT2D eigenvalue weighted by Crippen LogP contribution is -2.59. The van der Waals surface area contributed by atoms with Gasteiger partial charge >= 0.3 is 0 Å². The minimum atomic E-state index is 0.140. The van der Waals surface area contributed by atoms with Gasteiger partial charge in [-0.15, -0.1) is 0 Å². The van der Waals surface area contributed by atoms with Gasteiger partial charge in [0.2, 0.25) is 0 Å². The summed E-state index contributed by atoms with van der Waals surface area (Å²) in [7, 11) is 3.50. The fraction of sp³-hybridized carbons (Fsp3) is 1.00. The molecule has 0 aliphatic carbocycles. The van der Waals surface area contributed by atoms with Crippen LogP contribution in [0, 0.1) is 0 Å². The minimum absolute atomic E-state index is 0.140. The Morgan fingerprint density at radius 1 is 1.41 bits per heavy atom. The number of rotatable bonds is 8. The summed E-state index contributed by atoms with van der Waals surface area (Å²) in [6, 6.07) is 0.386. The maximum absolute atomic E-state index is 6.04. The lowest BCUT2D eigenvalue weighted by molar-refractivity contribution is 0.0110. The first-order chi connectivity index (χ1) is 8.20. The van der Waals surface area contributed by atoms with E-state index in [1.165, 1.54) is 12.2 Å². The van der Waals surface area contributed by atoms with E-state index in [1.807, 2.05) is 11.8 Å². The van der Waals surface area contributed by atoms with Crippen LogP contribution in [-0.2, 0) is 9.47 Å². The van der Waals surface area contributed by atoms with E-state index in [1.54, 1.807) is 14.2 Å². The third-order valence-corrected chi connectivity index (χ3v) is 4.78. The Hall–Kier alpha value is 0.190. The van der Waals surface area contributed by atoms with E-state index in [0.29, 0.717) is 6.04 Å². The van der Waals surface area contributed by atoms with E-state index in [-0.39, 0.29) is 5.54 Å². The van der Waals surface area contributed by atoms with Crippen LogP contribution >= 0.6 is 11.8 Å². The molecule has 0 aromatic carbocycles. The normalized spacial score (nSPS) is 26.6. The van der Waals surface area contributed by atoms with Crippen molar-refractivity contribution in [3.8, 4) is 0 Å². The maximum Gasteiger partial charge on any atom is 0.0615 e. The second-order valence-corrected chi connectivity index (χ2v) is 5.83. The molecule has 2 atom stereocenters. The molecule has 1 aliphatic rings. The second-order valence-electron chi connectivity index (χ2n) is 4.72. The summed E-state index contributed by atoms with van der Waals surface area (Å²) in [5.74, 6) is 2.33. The van der Waals surface area contributed by atoms with Crippen LogP contribution in [0.1, 0.15) is 13.3 Å². The van der Waals surface area contributed by atoms with E-state index >= 15 is 0 Å². The molecule has 4 nitrogen and oxygen atoms in total. The van der Waals surface area contributed by atoms with Crippen LogP contribution in [0.25, 0.3) is 0 Å². The fourth-order valence-corrected chi connectivity index (χ4v) is 4.02.